The number of aryl methyl sites for hydroxylation is 1. The molecule has 0 saturated carbocycles. The number of hydrogen-bond acceptors (Lipinski definition) is 7. The molecule has 1 amide bonds. The van der Waals surface area contributed by atoms with Gasteiger partial charge in [0.15, 0.2) is 23.2 Å². The number of carbonyl (C=O) groups excluding carboxylic acids is 2. The van der Waals surface area contributed by atoms with Crippen LogP contribution >= 0.6 is 0 Å². The number of rotatable bonds is 7. The van der Waals surface area contributed by atoms with E-state index in [9.17, 15) is 19.8 Å². The van der Waals surface area contributed by atoms with E-state index < -0.39 is 0 Å². The van der Waals surface area contributed by atoms with Crippen LogP contribution in [0.4, 0.5) is 11.4 Å². The van der Waals surface area contributed by atoms with Crippen molar-refractivity contribution in [3.63, 3.8) is 0 Å². The quantitative estimate of drug-likeness (QED) is 0.139. The highest BCUT2D eigenvalue weighted by Gasteiger charge is 2.23. The summed E-state index contributed by atoms with van der Waals surface area (Å²) in [6.45, 7) is 7.77. The Hall–Kier alpha value is -5.38. The Balaban J connectivity index is 1.36. The van der Waals surface area contributed by atoms with Crippen LogP contribution in [-0.2, 0) is 5.54 Å². The number of hydrogen-bond donors (Lipinski definition) is 4. The van der Waals surface area contributed by atoms with E-state index in [4.69, 9.17) is 4.74 Å². The number of fused-ring (bicyclic) bond motifs is 1. The van der Waals surface area contributed by atoms with Crippen molar-refractivity contribution in [2.24, 2.45) is 4.99 Å². The number of aromatic amines is 1. The number of aromatic hydroxyl groups is 2. The molecule has 2 heterocycles. The molecule has 5 rings (SSSR count). The first kappa shape index (κ1) is 28.2. The van der Waals surface area contributed by atoms with Gasteiger partial charge in [-0.25, -0.2) is 0 Å². The van der Waals surface area contributed by atoms with Crippen molar-refractivity contribution in [2.45, 2.75) is 33.2 Å². The SMILES string of the molecule is COc1ccc(N=Cc2c(O)[nH]c3ccc(C(=O)c4ccc(NC(=O)c5cc(C)nn5C(C)(C)C)cc4)cc23)cc1O. The Kier molecular flexibility index (Phi) is 7.30. The molecule has 214 valence electrons. The summed E-state index contributed by atoms with van der Waals surface area (Å²) in [5.74, 6) is -0.341. The van der Waals surface area contributed by atoms with E-state index in [1.807, 2.05) is 27.7 Å². The number of benzene rings is 3. The second-order valence-corrected chi connectivity index (χ2v) is 10.9. The average Bonchev–Trinajstić information content (AvgIpc) is 3.50. The molecule has 0 saturated heterocycles. The molecule has 5 aromatic rings. The second-order valence-electron chi connectivity index (χ2n) is 10.9. The Bertz CT molecular complexity index is 1840. The number of aromatic nitrogens is 3. The standard InChI is InChI=1S/C32H31N5O5/c1-18-14-26(37(36-18)32(2,3)4)31(41)34-21-9-6-19(7-10-21)29(39)20-8-12-25-23(15-20)24(30(40)35-25)17-33-22-11-13-28(42-5)27(38)16-22/h6-17,35,38,40H,1-5H3,(H,34,41). The Labute approximate surface area is 242 Å². The molecule has 0 fully saturated rings. The summed E-state index contributed by atoms with van der Waals surface area (Å²) in [5, 5.41) is 28.5. The number of nitrogens with one attached hydrogen (secondary N) is 2. The average molecular weight is 566 g/mol. The van der Waals surface area contributed by atoms with Gasteiger partial charge in [0.1, 0.15) is 5.69 Å². The van der Waals surface area contributed by atoms with Crippen LogP contribution in [0, 0.1) is 6.92 Å². The number of anilines is 1. The molecule has 0 aliphatic carbocycles. The Morgan fingerprint density at radius 1 is 1.00 bits per heavy atom. The number of aliphatic imine (C=N–C) groups is 1. The van der Waals surface area contributed by atoms with Crippen molar-refractivity contribution in [1.82, 2.24) is 14.8 Å². The zero-order valence-corrected chi connectivity index (χ0v) is 23.9. The zero-order chi connectivity index (χ0) is 30.2. The molecule has 10 nitrogen and oxygen atoms in total. The zero-order valence-electron chi connectivity index (χ0n) is 23.9. The van der Waals surface area contributed by atoms with Crippen molar-refractivity contribution in [3.8, 4) is 17.4 Å². The van der Waals surface area contributed by atoms with Gasteiger partial charge in [0, 0.05) is 40.0 Å². The van der Waals surface area contributed by atoms with Gasteiger partial charge in [-0.15, -0.1) is 0 Å². The van der Waals surface area contributed by atoms with Gasteiger partial charge in [-0.2, -0.15) is 5.10 Å². The summed E-state index contributed by atoms with van der Waals surface area (Å²) < 4.78 is 6.76. The number of phenols is 1. The van der Waals surface area contributed by atoms with Crippen molar-refractivity contribution in [1.29, 1.82) is 0 Å². The third-order valence-electron chi connectivity index (χ3n) is 6.69. The fourth-order valence-electron chi connectivity index (χ4n) is 4.61. The lowest BCUT2D eigenvalue weighted by Crippen LogP contribution is -2.29. The van der Waals surface area contributed by atoms with Gasteiger partial charge in [-0.3, -0.25) is 19.3 Å². The van der Waals surface area contributed by atoms with Gasteiger partial charge in [0.25, 0.3) is 5.91 Å². The first-order chi connectivity index (χ1) is 19.9. The van der Waals surface area contributed by atoms with Crippen LogP contribution in [0.1, 0.15) is 58.4 Å². The number of nitrogens with zero attached hydrogens (tertiary/aromatic N) is 3. The minimum Gasteiger partial charge on any atom is -0.504 e. The molecule has 10 heteroatoms. The van der Waals surface area contributed by atoms with E-state index in [1.54, 1.807) is 65.3 Å². The van der Waals surface area contributed by atoms with Gasteiger partial charge in [-0.05, 0) is 88.4 Å². The molecule has 0 spiro atoms. The molecular formula is C32H31N5O5. The molecule has 2 aromatic heterocycles. The van der Waals surface area contributed by atoms with Crippen LogP contribution in [-0.4, -0.2) is 50.0 Å². The molecule has 0 aliphatic rings. The molecule has 0 bridgehead atoms. The predicted molar refractivity (Wildman–Crippen MR) is 162 cm³/mol. The minimum atomic E-state index is -0.362. The largest absolute Gasteiger partial charge is 0.504 e. The topological polar surface area (TPSA) is 142 Å². The van der Waals surface area contributed by atoms with E-state index in [0.717, 1.165) is 5.69 Å². The maximum absolute atomic E-state index is 13.4. The number of carbonyl (C=O) groups is 2. The van der Waals surface area contributed by atoms with Crippen molar-refractivity contribution in [3.05, 3.63) is 94.8 Å². The first-order valence-corrected chi connectivity index (χ1v) is 13.2. The smallest absolute Gasteiger partial charge is 0.273 e. The van der Waals surface area contributed by atoms with Gasteiger partial charge < -0.3 is 25.3 Å². The Morgan fingerprint density at radius 2 is 1.71 bits per heavy atom. The van der Waals surface area contributed by atoms with Crippen LogP contribution < -0.4 is 10.1 Å². The van der Waals surface area contributed by atoms with Gasteiger partial charge in [-0.1, -0.05) is 0 Å². The number of H-pyrrole nitrogens is 1. The van der Waals surface area contributed by atoms with Crippen molar-refractivity contribution < 1.29 is 24.5 Å². The minimum absolute atomic E-state index is 0.0552. The number of phenolic OH excluding ortho intramolecular Hbond substituents is 1. The van der Waals surface area contributed by atoms with Crippen LogP contribution in [0.3, 0.4) is 0 Å². The van der Waals surface area contributed by atoms with E-state index in [2.05, 4.69) is 20.4 Å². The number of ketones is 1. The number of ether oxygens (including phenoxy) is 1. The normalized spacial score (nSPS) is 11.7. The van der Waals surface area contributed by atoms with E-state index in [-0.39, 0.29) is 28.9 Å². The summed E-state index contributed by atoms with van der Waals surface area (Å²) >= 11 is 0. The van der Waals surface area contributed by atoms with E-state index >= 15 is 0 Å². The highest BCUT2D eigenvalue weighted by Crippen LogP contribution is 2.32. The van der Waals surface area contributed by atoms with Crippen LogP contribution in [0.2, 0.25) is 0 Å². The first-order valence-electron chi connectivity index (χ1n) is 13.2. The fraction of sp³-hybridized carbons (Fsp3) is 0.188. The molecule has 3 aromatic carbocycles. The maximum atomic E-state index is 13.4. The predicted octanol–water partition coefficient (Wildman–Crippen LogP) is 6.08. The fourth-order valence-corrected chi connectivity index (χ4v) is 4.61. The summed E-state index contributed by atoms with van der Waals surface area (Å²) in [7, 11) is 1.46. The lowest BCUT2D eigenvalue weighted by molar-refractivity contribution is 0.100. The van der Waals surface area contributed by atoms with Crippen LogP contribution in [0.15, 0.2) is 71.7 Å². The van der Waals surface area contributed by atoms with Crippen LogP contribution in [0.25, 0.3) is 10.9 Å². The molecular weight excluding hydrogens is 534 g/mol. The summed E-state index contributed by atoms with van der Waals surface area (Å²) in [5.41, 5.74) is 3.72. The van der Waals surface area contributed by atoms with E-state index in [0.29, 0.717) is 50.4 Å². The lowest BCUT2D eigenvalue weighted by atomic mass is 10.0. The molecule has 4 N–H and O–H groups in total. The molecule has 0 radical (unpaired) electrons. The molecule has 42 heavy (non-hydrogen) atoms. The van der Waals surface area contributed by atoms with Gasteiger partial charge in [0.05, 0.1) is 29.6 Å². The second kappa shape index (κ2) is 10.9. The highest BCUT2D eigenvalue weighted by molar-refractivity contribution is 6.13. The number of methoxy groups -OCH3 is 1. The third kappa shape index (κ3) is 5.60. The summed E-state index contributed by atoms with van der Waals surface area (Å²) in [6.07, 6.45) is 1.47. The monoisotopic (exact) mass is 565 g/mol. The number of amides is 1. The van der Waals surface area contributed by atoms with Gasteiger partial charge >= 0.3 is 0 Å². The Morgan fingerprint density at radius 3 is 2.38 bits per heavy atom. The summed E-state index contributed by atoms with van der Waals surface area (Å²) in [6, 6.07) is 18.2. The third-order valence-corrected chi connectivity index (χ3v) is 6.69. The lowest BCUT2D eigenvalue weighted by Gasteiger charge is -2.22. The highest BCUT2D eigenvalue weighted by atomic mass is 16.5. The molecule has 0 unspecified atom stereocenters. The molecule has 0 aliphatic heterocycles. The van der Waals surface area contributed by atoms with Gasteiger partial charge in [0.2, 0.25) is 0 Å². The molecule has 0 atom stereocenters. The van der Waals surface area contributed by atoms with Crippen molar-refractivity contribution >= 4 is 40.2 Å². The maximum Gasteiger partial charge on any atom is 0.273 e. The van der Waals surface area contributed by atoms with Crippen LogP contribution in [0.5, 0.6) is 17.4 Å². The van der Waals surface area contributed by atoms with Crippen molar-refractivity contribution in [2.75, 3.05) is 12.4 Å². The van der Waals surface area contributed by atoms with E-state index in [1.165, 1.54) is 19.4 Å². The summed E-state index contributed by atoms with van der Waals surface area (Å²) in [4.78, 5) is 33.6.